The fraction of sp³-hybridized carbons (Fsp3) is 0.923. The molecule has 0 radical (unpaired) electrons. The number of rotatable bonds is 3. The molecule has 1 aliphatic carbocycles. The molecule has 3 heteroatoms. The van der Waals surface area contributed by atoms with Crippen molar-refractivity contribution in [2.24, 2.45) is 11.7 Å². The Balaban J connectivity index is 1.85. The van der Waals surface area contributed by atoms with Crippen LogP contribution >= 0.6 is 0 Å². The fourth-order valence-electron chi connectivity index (χ4n) is 3.38. The molecule has 1 saturated carbocycles. The van der Waals surface area contributed by atoms with E-state index in [9.17, 15) is 0 Å². The van der Waals surface area contributed by atoms with Crippen LogP contribution in [0.15, 0.2) is 0 Å². The maximum absolute atomic E-state index is 8.70. The van der Waals surface area contributed by atoms with E-state index >= 15 is 0 Å². The van der Waals surface area contributed by atoms with E-state index in [0.29, 0.717) is 0 Å². The molecule has 1 aliphatic heterocycles. The van der Waals surface area contributed by atoms with Crippen molar-refractivity contribution in [2.75, 3.05) is 13.1 Å². The second-order valence-corrected chi connectivity index (χ2v) is 5.31. The van der Waals surface area contributed by atoms with Crippen LogP contribution in [-0.4, -0.2) is 30.1 Å². The number of likely N-dealkylation sites (tertiary alicyclic amines) is 1. The van der Waals surface area contributed by atoms with Gasteiger partial charge in [0.05, 0.1) is 12.1 Å². The minimum absolute atomic E-state index is 0.274. The molecule has 90 valence electrons. The standard InChI is InChI=1S/C13H23N3/c14-10-12(15)7-9-16-8-3-5-11-4-1-2-6-13(11)16/h11-13H,1-9,15H2. The molecule has 1 saturated heterocycles. The van der Waals surface area contributed by atoms with Crippen LogP contribution in [0.3, 0.4) is 0 Å². The van der Waals surface area contributed by atoms with Gasteiger partial charge < -0.3 is 10.6 Å². The van der Waals surface area contributed by atoms with Crippen LogP contribution in [0, 0.1) is 17.2 Å². The summed E-state index contributed by atoms with van der Waals surface area (Å²) in [5.74, 6) is 0.931. The van der Waals surface area contributed by atoms with Gasteiger partial charge in [0.15, 0.2) is 0 Å². The van der Waals surface area contributed by atoms with Crippen LogP contribution in [0.4, 0.5) is 0 Å². The highest BCUT2D eigenvalue weighted by atomic mass is 15.2. The van der Waals surface area contributed by atoms with E-state index in [0.717, 1.165) is 24.9 Å². The molecule has 16 heavy (non-hydrogen) atoms. The molecule has 0 aromatic heterocycles. The van der Waals surface area contributed by atoms with Crippen molar-refractivity contribution in [3.8, 4) is 6.07 Å². The molecular formula is C13H23N3. The zero-order chi connectivity index (χ0) is 11.4. The summed E-state index contributed by atoms with van der Waals surface area (Å²) in [6, 6.07) is 2.65. The molecule has 2 N–H and O–H groups in total. The van der Waals surface area contributed by atoms with Gasteiger partial charge in [0.1, 0.15) is 0 Å². The van der Waals surface area contributed by atoms with E-state index in [1.807, 2.05) is 0 Å². The Morgan fingerprint density at radius 1 is 1.25 bits per heavy atom. The molecule has 0 aromatic carbocycles. The summed E-state index contributed by atoms with van der Waals surface area (Å²) in [7, 11) is 0. The first-order valence-electron chi connectivity index (χ1n) is 6.70. The van der Waals surface area contributed by atoms with Gasteiger partial charge in [-0.2, -0.15) is 5.26 Å². The van der Waals surface area contributed by atoms with Crippen molar-refractivity contribution < 1.29 is 0 Å². The van der Waals surface area contributed by atoms with E-state index < -0.39 is 0 Å². The van der Waals surface area contributed by atoms with Crippen LogP contribution < -0.4 is 5.73 Å². The zero-order valence-corrected chi connectivity index (χ0v) is 10.1. The molecule has 0 bridgehead atoms. The molecule has 0 amide bonds. The fourth-order valence-corrected chi connectivity index (χ4v) is 3.38. The first-order valence-corrected chi connectivity index (χ1v) is 6.70. The minimum Gasteiger partial charge on any atom is -0.316 e. The molecule has 3 unspecified atom stereocenters. The summed E-state index contributed by atoms with van der Waals surface area (Å²) in [6.07, 6.45) is 9.20. The smallest absolute Gasteiger partial charge is 0.0940 e. The Labute approximate surface area is 98.6 Å². The Morgan fingerprint density at radius 3 is 2.81 bits per heavy atom. The van der Waals surface area contributed by atoms with Crippen molar-refractivity contribution in [2.45, 2.75) is 57.0 Å². The first kappa shape index (κ1) is 11.9. The van der Waals surface area contributed by atoms with Gasteiger partial charge in [0.2, 0.25) is 0 Å². The van der Waals surface area contributed by atoms with Crippen molar-refractivity contribution in [3.05, 3.63) is 0 Å². The van der Waals surface area contributed by atoms with Crippen molar-refractivity contribution in [1.82, 2.24) is 4.90 Å². The third kappa shape index (κ3) is 2.75. The summed E-state index contributed by atoms with van der Waals surface area (Å²) in [5.41, 5.74) is 5.67. The molecule has 2 fully saturated rings. The average Bonchev–Trinajstić information content (AvgIpc) is 2.35. The highest BCUT2D eigenvalue weighted by Crippen LogP contribution is 2.35. The number of nitrogens with two attached hydrogens (primary N) is 1. The zero-order valence-electron chi connectivity index (χ0n) is 10.1. The number of piperidine rings is 1. The largest absolute Gasteiger partial charge is 0.316 e. The monoisotopic (exact) mass is 221 g/mol. The number of fused-ring (bicyclic) bond motifs is 1. The highest BCUT2D eigenvalue weighted by molar-refractivity contribution is 4.91. The molecule has 2 aliphatic rings. The van der Waals surface area contributed by atoms with Gasteiger partial charge in [0, 0.05) is 12.6 Å². The molecule has 3 atom stereocenters. The average molecular weight is 221 g/mol. The maximum atomic E-state index is 8.70. The lowest BCUT2D eigenvalue weighted by Crippen LogP contribution is -2.47. The molecule has 0 aromatic rings. The molecular weight excluding hydrogens is 198 g/mol. The number of nitriles is 1. The van der Waals surface area contributed by atoms with E-state index in [1.54, 1.807) is 0 Å². The van der Waals surface area contributed by atoms with Gasteiger partial charge in [-0.1, -0.05) is 12.8 Å². The summed E-state index contributed by atoms with van der Waals surface area (Å²) in [5, 5.41) is 8.70. The lowest BCUT2D eigenvalue weighted by atomic mass is 9.78. The van der Waals surface area contributed by atoms with E-state index in [-0.39, 0.29) is 6.04 Å². The van der Waals surface area contributed by atoms with Gasteiger partial charge in [0.25, 0.3) is 0 Å². The van der Waals surface area contributed by atoms with Crippen LogP contribution in [-0.2, 0) is 0 Å². The Hall–Kier alpha value is -0.590. The molecule has 2 rings (SSSR count). The van der Waals surface area contributed by atoms with Gasteiger partial charge in [-0.3, -0.25) is 0 Å². The minimum atomic E-state index is -0.274. The number of hydrogen-bond acceptors (Lipinski definition) is 3. The topological polar surface area (TPSA) is 53.1 Å². The number of hydrogen-bond donors (Lipinski definition) is 1. The third-order valence-electron chi connectivity index (χ3n) is 4.25. The summed E-state index contributed by atoms with van der Waals surface area (Å²) in [6.45, 7) is 2.25. The third-order valence-corrected chi connectivity index (χ3v) is 4.25. The van der Waals surface area contributed by atoms with Crippen LogP contribution in [0.2, 0.25) is 0 Å². The van der Waals surface area contributed by atoms with E-state index in [1.165, 1.54) is 45.1 Å². The normalized spacial score (nSPS) is 32.8. The summed E-state index contributed by atoms with van der Waals surface area (Å²) in [4.78, 5) is 2.60. The van der Waals surface area contributed by atoms with Gasteiger partial charge in [-0.15, -0.1) is 0 Å². The van der Waals surface area contributed by atoms with Crippen molar-refractivity contribution in [1.29, 1.82) is 5.26 Å². The van der Waals surface area contributed by atoms with Crippen molar-refractivity contribution >= 4 is 0 Å². The second-order valence-electron chi connectivity index (χ2n) is 5.31. The molecule has 1 heterocycles. The van der Waals surface area contributed by atoms with E-state index in [2.05, 4.69) is 11.0 Å². The first-order chi connectivity index (χ1) is 7.81. The summed E-state index contributed by atoms with van der Waals surface area (Å²) < 4.78 is 0. The van der Waals surface area contributed by atoms with Gasteiger partial charge in [-0.25, -0.2) is 0 Å². The lowest BCUT2D eigenvalue weighted by Gasteiger charge is -2.44. The van der Waals surface area contributed by atoms with E-state index in [4.69, 9.17) is 11.0 Å². The maximum Gasteiger partial charge on any atom is 0.0940 e. The SMILES string of the molecule is N#CC(N)CCN1CCCC2CCCCC21. The van der Waals surface area contributed by atoms with Gasteiger partial charge in [-0.05, 0) is 44.6 Å². The second kappa shape index (κ2) is 5.65. The Kier molecular flexibility index (Phi) is 4.20. The summed E-state index contributed by atoms with van der Waals surface area (Å²) >= 11 is 0. The Morgan fingerprint density at radius 2 is 2.00 bits per heavy atom. The van der Waals surface area contributed by atoms with Crippen molar-refractivity contribution in [3.63, 3.8) is 0 Å². The van der Waals surface area contributed by atoms with Crippen LogP contribution in [0.5, 0.6) is 0 Å². The molecule has 3 nitrogen and oxygen atoms in total. The molecule has 0 spiro atoms. The van der Waals surface area contributed by atoms with Crippen LogP contribution in [0.1, 0.15) is 44.9 Å². The predicted molar refractivity (Wildman–Crippen MR) is 64.8 cm³/mol. The highest BCUT2D eigenvalue weighted by Gasteiger charge is 2.32. The Bertz CT molecular complexity index is 256. The predicted octanol–water partition coefficient (Wildman–Crippen LogP) is 1.88. The quantitative estimate of drug-likeness (QED) is 0.791. The lowest BCUT2D eigenvalue weighted by molar-refractivity contribution is 0.0596. The van der Waals surface area contributed by atoms with Crippen LogP contribution in [0.25, 0.3) is 0 Å². The number of nitrogens with zero attached hydrogens (tertiary/aromatic N) is 2. The van der Waals surface area contributed by atoms with Gasteiger partial charge >= 0.3 is 0 Å².